The molecule has 3 aromatic carbocycles. The molecule has 0 spiro atoms. The number of pyridine rings is 1. The van der Waals surface area contributed by atoms with E-state index in [-0.39, 0.29) is 5.91 Å². The number of carbonyl (C=O) groups excluding carboxylic acids is 1. The summed E-state index contributed by atoms with van der Waals surface area (Å²) in [5.74, 6) is 1.55. The number of methoxy groups -OCH3 is 1. The van der Waals surface area contributed by atoms with E-state index >= 15 is 0 Å². The summed E-state index contributed by atoms with van der Waals surface area (Å²) < 4.78 is 11.5. The molecule has 1 fully saturated rings. The fourth-order valence-electron chi connectivity index (χ4n) is 3.66. The summed E-state index contributed by atoms with van der Waals surface area (Å²) in [4.78, 5) is 24.6. The van der Waals surface area contributed by atoms with E-state index in [0.29, 0.717) is 39.0 Å². The van der Waals surface area contributed by atoms with Crippen LogP contribution in [0.15, 0.2) is 107 Å². The van der Waals surface area contributed by atoms with Gasteiger partial charge in [-0.3, -0.25) is 9.69 Å². The van der Waals surface area contributed by atoms with Crippen molar-refractivity contribution in [2.75, 3.05) is 12.0 Å². The SMILES string of the molecule is COc1cc(/C=C2\S/C(=N/c3ccccn3)N(c3ccccc3)C2=O)ccc1OCc1ccc(Cl)cc1. The predicted molar refractivity (Wildman–Crippen MR) is 150 cm³/mol. The summed E-state index contributed by atoms with van der Waals surface area (Å²) in [6, 6.07) is 28.0. The molecular formula is C29H22ClN3O3S. The van der Waals surface area contributed by atoms with E-state index in [1.54, 1.807) is 24.3 Å². The van der Waals surface area contributed by atoms with Crippen molar-refractivity contribution < 1.29 is 14.3 Å². The number of nitrogens with zero attached hydrogens (tertiary/aromatic N) is 3. The molecule has 0 N–H and O–H groups in total. The number of thioether (sulfide) groups is 1. The van der Waals surface area contributed by atoms with Gasteiger partial charge in [-0.15, -0.1) is 0 Å². The summed E-state index contributed by atoms with van der Waals surface area (Å²) in [6.45, 7) is 0.377. The number of rotatable bonds is 7. The first-order valence-corrected chi connectivity index (χ1v) is 12.6. The summed E-state index contributed by atoms with van der Waals surface area (Å²) in [5.41, 5.74) is 2.53. The van der Waals surface area contributed by atoms with Gasteiger partial charge in [0.25, 0.3) is 5.91 Å². The zero-order valence-corrected chi connectivity index (χ0v) is 21.4. The van der Waals surface area contributed by atoms with Gasteiger partial charge in [0.15, 0.2) is 22.5 Å². The van der Waals surface area contributed by atoms with Gasteiger partial charge < -0.3 is 9.47 Å². The smallest absolute Gasteiger partial charge is 0.271 e. The van der Waals surface area contributed by atoms with E-state index in [2.05, 4.69) is 9.98 Å². The van der Waals surface area contributed by atoms with Gasteiger partial charge in [-0.2, -0.15) is 0 Å². The van der Waals surface area contributed by atoms with Crippen LogP contribution < -0.4 is 14.4 Å². The number of hydrogen-bond donors (Lipinski definition) is 0. The first-order chi connectivity index (χ1) is 18.1. The third kappa shape index (κ3) is 5.85. The molecule has 8 heteroatoms. The van der Waals surface area contributed by atoms with Crippen LogP contribution >= 0.6 is 23.4 Å². The molecule has 1 amide bonds. The van der Waals surface area contributed by atoms with Gasteiger partial charge in [-0.05, 0) is 77.5 Å². The molecule has 5 rings (SSSR count). The maximum absolute atomic E-state index is 13.5. The predicted octanol–water partition coefficient (Wildman–Crippen LogP) is 7.13. The third-order valence-corrected chi connectivity index (χ3v) is 6.69. The van der Waals surface area contributed by atoms with Crippen molar-refractivity contribution >= 4 is 52.0 Å². The Balaban J connectivity index is 1.42. The van der Waals surface area contributed by atoms with Crippen LogP contribution in [0.2, 0.25) is 5.02 Å². The minimum Gasteiger partial charge on any atom is -0.493 e. The number of aromatic nitrogens is 1. The highest BCUT2D eigenvalue weighted by Crippen LogP contribution is 2.38. The molecule has 0 saturated carbocycles. The fourth-order valence-corrected chi connectivity index (χ4v) is 4.77. The van der Waals surface area contributed by atoms with E-state index in [0.717, 1.165) is 16.8 Å². The quantitative estimate of drug-likeness (QED) is 0.239. The largest absolute Gasteiger partial charge is 0.493 e. The number of hydrogen-bond acceptors (Lipinski definition) is 6. The third-order valence-electron chi connectivity index (χ3n) is 5.47. The minimum atomic E-state index is -0.159. The second-order valence-corrected chi connectivity index (χ2v) is 9.44. The molecule has 1 aromatic heterocycles. The van der Waals surface area contributed by atoms with Crippen LogP contribution in [0.1, 0.15) is 11.1 Å². The van der Waals surface area contributed by atoms with Gasteiger partial charge in [0.2, 0.25) is 0 Å². The molecule has 0 aliphatic carbocycles. The van der Waals surface area contributed by atoms with Gasteiger partial charge in [0, 0.05) is 11.2 Å². The second kappa shape index (κ2) is 11.3. The van der Waals surface area contributed by atoms with Crippen molar-refractivity contribution in [1.29, 1.82) is 0 Å². The number of aliphatic imine (C=N–C) groups is 1. The van der Waals surface area contributed by atoms with E-state index in [1.165, 1.54) is 11.8 Å². The lowest BCUT2D eigenvalue weighted by atomic mass is 10.1. The Morgan fingerprint density at radius 1 is 0.973 bits per heavy atom. The monoisotopic (exact) mass is 527 g/mol. The number of ether oxygens (including phenoxy) is 2. The van der Waals surface area contributed by atoms with Crippen molar-refractivity contribution in [2.24, 2.45) is 4.99 Å². The highest BCUT2D eigenvalue weighted by molar-refractivity contribution is 8.19. The molecule has 0 radical (unpaired) electrons. The van der Waals surface area contributed by atoms with Gasteiger partial charge in [-0.25, -0.2) is 9.98 Å². The van der Waals surface area contributed by atoms with Gasteiger partial charge in [0.1, 0.15) is 6.61 Å². The van der Waals surface area contributed by atoms with Gasteiger partial charge in [-0.1, -0.05) is 54.1 Å². The van der Waals surface area contributed by atoms with Crippen LogP contribution in [0.4, 0.5) is 11.5 Å². The minimum absolute atomic E-state index is 0.159. The molecule has 2 heterocycles. The molecular weight excluding hydrogens is 506 g/mol. The average molecular weight is 528 g/mol. The van der Waals surface area contributed by atoms with Crippen molar-refractivity contribution in [2.45, 2.75) is 6.61 Å². The second-order valence-electron chi connectivity index (χ2n) is 7.99. The van der Waals surface area contributed by atoms with Crippen molar-refractivity contribution in [3.8, 4) is 11.5 Å². The Kier molecular flexibility index (Phi) is 7.54. The molecule has 1 aliphatic rings. The highest BCUT2D eigenvalue weighted by Gasteiger charge is 2.34. The van der Waals surface area contributed by atoms with Crippen LogP contribution in [-0.2, 0) is 11.4 Å². The first kappa shape index (κ1) is 24.6. The molecule has 6 nitrogen and oxygen atoms in total. The first-order valence-electron chi connectivity index (χ1n) is 11.4. The number of halogens is 1. The molecule has 1 saturated heterocycles. The van der Waals surface area contributed by atoms with Crippen molar-refractivity contribution in [3.05, 3.63) is 118 Å². The summed E-state index contributed by atoms with van der Waals surface area (Å²) in [7, 11) is 1.59. The van der Waals surface area contributed by atoms with Crippen LogP contribution in [-0.4, -0.2) is 23.2 Å². The number of amidine groups is 1. The number of carbonyl (C=O) groups is 1. The number of anilines is 1. The Bertz CT molecular complexity index is 1460. The Morgan fingerprint density at radius 3 is 2.49 bits per heavy atom. The van der Waals surface area contributed by atoms with Crippen LogP contribution in [0, 0.1) is 0 Å². The molecule has 0 unspecified atom stereocenters. The molecule has 37 heavy (non-hydrogen) atoms. The summed E-state index contributed by atoms with van der Waals surface area (Å²) in [6.07, 6.45) is 3.50. The van der Waals surface area contributed by atoms with E-state index < -0.39 is 0 Å². The van der Waals surface area contributed by atoms with Crippen LogP contribution in [0.25, 0.3) is 6.08 Å². The highest BCUT2D eigenvalue weighted by atomic mass is 35.5. The molecule has 1 aliphatic heterocycles. The van der Waals surface area contributed by atoms with E-state index in [4.69, 9.17) is 21.1 Å². The van der Waals surface area contributed by atoms with E-state index in [1.807, 2.05) is 91.0 Å². The van der Waals surface area contributed by atoms with Gasteiger partial charge >= 0.3 is 0 Å². The number of amides is 1. The molecule has 184 valence electrons. The Morgan fingerprint density at radius 2 is 1.76 bits per heavy atom. The number of para-hydroxylation sites is 1. The zero-order valence-electron chi connectivity index (χ0n) is 19.9. The zero-order chi connectivity index (χ0) is 25.6. The number of benzene rings is 3. The molecule has 4 aromatic rings. The Labute approximate surface area is 224 Å². The normalized spacial score (nSPS) is 15.4. The summed E-state index contributed by atoms with van der Waals surface area (Å²) >= 11 is 7.26. The fraction of sp³-hybridized carbons (Fsp3) is 0.0690. The standard InChI is InChI=1S/C29H22ClN3O3S/c1-35-25-17-21(12-15-24(25)36-19-20-10-13-22(30)14-11-20)18-26-28(34)33(23-7-3-2-4-8-23)29(37-26)32-27-9-5-6-16-31-27/h2-18H,19H2,1H3/b26-18-,32-29+. The maximum atomic E-state index is 13.5. The van der Waals surface area contributed by atoms with Crippen LogP contribution in [0.3, 0.4) is 0 Å². The van der Waals surface area contributed by atoms with Gasteiger partial charge in [0.05, 0.1) is 17.7 Å². The summed E-state index contributed by atoms with van der Waals surface area (Å²) in [5, 5.41) is 1.22. The van der Waals surface area contributed by atoms with Crippen molar-refractivity contribution in [1.82, 2.24) is 4.98 Å². The van der Waals surface area contributed by atoms with Crippen LogP contribution in [0.5, 0.6) is 11.5 Å². The lowest BCUT2D eigenvalue weighted by molar-refractivity contribution is -0.113. The lowest BCUT2D eigenvalue weighted by Crippen LogP contribution is -2.28. The lowest BCUT2D eigenvalue weighted by Gasteiger charge is -2.15. The Hall–Kier alpha value is -4.07. The average Bonchev–Trinajstić information content (AvgIpc) is 3.23. The molecule has 0 atom stereocenters. The van der Waals surface area contributed by atoms with E-state index in [9.17, 15) is 4.79 Å². The van der Waals surface area contributed by atoms with Crippen molar-refractivity contribution in [3.63, 3.8) is 0 Å². The maximum Gasteiger partial charge on any atom is 0.271 e. The topological polar surface area (TPSA) is 64.0 Å². The molecule has 0 bridgehead atoms.